The van der Waals surface area contributed by atoms with Gasteiger partial charge in [-0.3, -0.25) is 0 Å². The van der Waals surface area contributed by atoms with E-state index in [0.717, 1.165) is 12.1 Å². The van der Waals surface area contributed by atoms with Gasteiger partial charge in [0.25, 0.3) is 0 Å². The highest BCUT2D eigenvalue weighted by molar-refractivity contribution is 5.63. The molecule has 0 saturated carbocycles. The molecule has 0 saturated heterocycles. The Labute approximate surface area is 100 Å². The lowest BCUT2D eigenvalue weighted by molar-refractivity contribution is 0.451. The lowest BCUT2D eigenvalue weighted by Gasteiger charge is -2.08. The maximum absolute atomic E-state index is 9.35. The zero-order valence-electron chi connectivity index (χ0n) is 9.64. The van der Waals surface area contributed by atoms with Crippen molar-refractivity contribution in [1.29, 1.82) is 0 Å². The van der Waals surface area contributed by atoms with Crippen molar-refractivity contribution in [2.75, 3.05) is 5.32 Å². The summed E-state index contributed by atoms with van der Waals surface area (Å²) in [5.41, 5.74) is 2.85. The molecule has 0 aliphatic carbocycles. The predicted octanol–water partition coefficient (Wildman–Crippen LogP) is 3.40. The third kappa shape index (κ3) is 2.91. The van der Waals surface area contributed by atoms with Gasteiger partial charge >= 0.3 is 0 Å². The molecule has 2 aromatic carbocycles. The average Bonchev–Trinajstić information content (AvgIpc) is 2.28. The molecule has 2 aromatic rings. The monoisotopic (exact) mass is 229 g/mol. The fourth-order valence-electron chi connectivity index (χ4n) is 1.66. The van der Waals surface area contributed by atoms with Gasteiger partial charge in [0.2, 0.25) is 0 Å². The molecular formula is C14H15NO2. The standard InChI is InChI=1S/C14H15NO2/c1-2-10-3-5-11(6-4-10)15-12-7-13(16)9-14(17)8-12/h3-9,15-17H,2H2,1H3. The molecule has 2 rings (SSSR count). The Morgan fingerprint density at radius 2 is 1.47 bits per heavy atom. The van der Waals surface area contributed by atoms with Crippen LogP contribution in [0.15, 0.2) is 42.5 Å². The number of hydrogen-bond donors (Lipinski definition) is 3. The first-order chi connectivity index (χ1) is 8.17. The van der Waals surface area contributed by atoms with Crippen molar-refractivity contribution < 1.29 is 10.2 Å². The van der Waals surface area contributed by atoms with Gasteiger partial charge in [-0.05, 0) is 24.1 Å². The summed E-state index contributed by atoms with van der Waals surface area (Å²) in [5, 5.41) is 21.8. The van der Waals surface area contributed by atoms with Crippen LogP contribution in [0, 0.1) is 0 Å². The van der Waals surface area contributed by atoms with Gasteiger partial charge in [0.05, 0.1) is 0 Å². The second-order valence-corrected chi connectivity index (χ2v) is 3.91. The van der Waals surface area contributed by atoms with Gasteiger partial charge in [0.1, 0.15) is 11.5 Å². The molecule has 88 valence electrons. The largest absolute Gasteiger partial charge is 0.508 e. The Kier molecular flexibility index (Phi) is 3.19. The minimum absolute atomic E-state index is 0.0395. The summed E-state index contributed by atoms with van der Waals surface area (Å²) < 4.78 is 0. The summed E-state index contributed by atoms with van der Waals surface area (Å²) in [5.74, 6) is 0.0790. The van der Waals surface area contributed by atoms with Gasteiger partial charge in [-0.1, -0.05) is 19.1 Å². The van der Waals surface area contributed by atoms with Crippen molar-refractivity contribution in [3.63, 3.8) is 0 Å². The highest BCUT2D eigenvalue weighted by atomic mass is 16.3. The van der Waals surface area contributed by atoms with E-state index >= 15 is 0 Å². The molecule has 0 aromatic heterocycles. The predicted molar refractivity (Wildman–Crippen MR) is 68.9 cm³/mol. The third-order valence-electron chi connectivity index (χ3n) is 2.55. The van der Waals surface area contributed by atoms with Gasteiger partial charge in [0.15, 0.2) is 0 Å². The van der Waals surface area contributed by atoms with E-state index in [1.807, 2.05) is 24.3 Å². The van der Waals surface area contributed by atoms with Crippen molar-refractivity contribution in [3.05, 3.63) is 48.0 Å². The van der Waals surface area contributed by atoms with Crippen LogP contribution in [0.3, 0.4) is 0 Å². The molecule has 17 heavy (non-hydrogen) atoms. The lowest BCUT2D eigenvalue weighted by atomic mass is 10.1. The fourth-order valence-corrected chi connectivity index (χ4v) is 1.66. The minimum atomic E-state index is 0.0395. The van der Waals surface area contributed by atoms with E-state index in [1.165, 1.54) is 11.6 Å². The van der Waals surface area contributed by atoms with Crippen molar-refractivity contribution in [1.82, 2.24) is 0 Å². The average molecular weight is 229 g/mol. The highest BCUT2D eigenvalue weighted by Crippen LogP contribution is 2.26. The van der Waals surface area contributed by atoms with Crippen LogP contribution in [0.5, 0.6) is 11.5 Å². The highest BCUT2D eigenvalue weighted by Gasteiger charge is 1.99. The number of nitrogens with one attached hydrogen (secondary N) is 1. The molecule has 0 spiro atoms. The van der Waals surface area contributed by atoms with Gasteiger partial charge in [-0.2, -0.15) is 0 Å². The summed E-state index contributed by atoms with van der Waals surface area (Å²) in [6.45, 7) is 2.11. The molecule has 3 nitrogen and oxygen atoms in total. The summed E-state index contributed by atoms with van der Waals surface area (Å²) in [6, 6.07) is 12.5. The van der Waals surface area contributed by atoms with Crippen LogP contribution in [0.2, 0.25) is 0 Å². The van der Waals surface area contributed by atoms with Crippen LogP contribution in [-0.4, -0.2) is 10.2 Å². The molecule has 0 bridgehead atoms. The maximum Gasteiger partial charge on any atom is 0.121 e. The minimum Gasteiger partial charge on any atom is -0.508 e. The quantitative estimate of drug-likeness (QED) is 0.756. The van der Waals surface area contributed by atoms with Crippen LogP contribution in [0.25, 0.3) is 0 Å². The van der Waals surface area contributed by atoms with Crippen LogP contribution in [0.1, 0.15) is 12.5 Å². The first-order valence-corrected chi connectivity index (χ1v) is 5.56. The number of hydrogen-bond acceptors (Lipinski definition) is 3. The van der Waals surface area contributed by atoms with Crippen molar-refractivity contribution in [3.8, 4) is 11.5 Å². The number of benzene rings is 2. The summed E-state index contributed by atoms with van der Waals surface area (Å²) in [4.78, 5) is 0. The first-order valence-electron chi connectivity index (χ1n) is 5.56. The number of phenols is 2. The number of aromatic hydroxyl groups is 2. The summed E-state index contributed by atoms with van der Waals surface area (Å²) in [7, 11) is 0. The van der Waals surface area contributed by atoms with E-state index in [2.05, 4.69) is 12.2 Å². The molecule has 0 aliphatic rings. The Morgan fingerprint density at radius 3 is 2.00 bits per heavy atom. The van der Waals surface area contributed by atoms with E-state index in [1.54, 1.807) is 12.1 Å². The van der Waals surface area contributed by atoms with E-state index < -0.39 is 0 Å². The van der Waals surface area contributed by atoms with Crippen molar-refractivity contribution in [2.24, 2.45) is 0 Å². The van der Waals surface area contributed by atoms with Gasteiger partial charge in [-0.15, -0.1) is 0 Å². The molecule has 0 amide bonds. The molecule has 0 radical (unpaired) electrons. The Balaban J connectivity index is 2.19. The smallest absolute Gasteiger partial charge is 0.121 e. The maximum atomic E-state index is 9.35. The second kappa shape index (κ2) is 4.78. The van der Waals surface area contributed by atoms with E-state index in [4.69, 9.17) is 0 Å². The van der Waals surface area contributed by atoms with E-state index in [0.29, 0.717) is 5.69 Å². The molecule has 0 fully saturated rings. The Bertz CT molecular complexity index is 486. The summed E-state index contributed by atoms with van der Waals surface area (Å²) in [6.07, 6.45) is 1.01. The summed E-state index contributed by atoms with van der Waals surface area (Å²) >= 11 is 0. The SMILES string of the molecule is CCc1ccc(Nc2cc(O)cc(O)c2)cc1. The molecule has 0 atom stereocenters. The van der Waals surface area contributed by atoms with Gasteiger partial charge < -0.3 is 15.5 Å². The zero-order chi connectivity index (χ0) is 12.3. The number of rotatable bonds is 3. The molecule has 3 N–H and O–H groups in total. The molecule has 0 aliphatic heterocycles. The molecule has 3 heteroatoms. The van der Waals surface area contributed by atoms with Crippen LogP contribution < -0.4 is 5.32 Å². The second-order valence-electron chi connectivity index (χ2n) is 3.91. The molecule has 0 heterocycles. The number of phenolic OH excluding ortho intramolecular Hbond substituents is 2. The number of aryl methyl sites for hydroxylation is 1. The first kappa shape index (κ1) is 11.3. The van der Waals surface area contributed by atoms with Crippen molar-refractivity contribution >= 4 is 11.4 Å². The van der Waals surface area contributed by atoms with Crippen LogP contribution in [-0.2, 0) is 6.42 Å². The molecule has 0 unspecified atom stereocenters. The third-order valence-corrected chi connectivity index (χ3v) is 2.55. The Morgan fingerprint density at radius 1 is 0.882 bits per heavy atom. The fraction of sp³-hybridized carbons (Fsp3) is 0.143. The Hall–Kier alpha value is -2.16. The molecular weight excluding hydrogens is 214 g/mol. The zero-order valence-corrected chi connectivity index (χ0v) is 9.64. The van der Waals surface area contributed by atoms with Crippen LogP contribution >= 0.6 is 0 Å². The van der Waals surface area contributed by atoms with Gasteiger partial charge in [0, 0.05) is 29.6 Å². The number of anilines is 2. The topological polar surface area (TPSA) is 52.5 Å². The van der Waals surface area contributed by atoms with Gasteiger partial charge in [-0.25, -0.2) is 0 Å². The van der Waals surface area contributed by atoms with E-state index in [9.17, 15) is 10.2 Å². The lowest BCUT2D eigenvalue weighted by Crippen LogP contribution is -1.90. The van der Waals surface area contributed by atoms with Crippen LogP contribution in [0.4, 0.5) is 11.4 Å². The van der Waals surface area contributed by atoms with E-state index in [-0.39, 0.29) is 11.5 Å². The normalized spacial score (nSPS) is 10.2. The van der Waals surface area contributed by atoms with Crippen molar-refractivity contribution in [2.45, 2.75) is 13.3 Å².